The van der Waals surface area contributed by atoms with Gasteiger partial charge in [0.2, 0.25) is 0 Å². The molecule has 4 nitrogen and oxygen atoms in total. The molecule has 1 atom stereocenters. The van der Waals surface area contributed by atoms with Crippen LogP contribution in [0.1, 0.15) is 27.7 Å². The van der Waals surface area contributed by atoms with Crippen molar-refractivity contribution in [1.29, 1.82) is 0 Å². The molecule has 1 rings (SSSR count). The molecule has 0 radical (unpaired) electrons. The Kier molecular flexibility index (Phi) is 3.07. The first-order valence-electron chi connectivity index (χ1n) is 4.82. The zero-order valence-corrected chi connectivity index (χ0v) is 9.40. The minimum absolute atomic E-state index is 0.0763. The van der Waals surface area contributed by atoms with Crippen molar-refractivity contribution in [2.45, 2.75) is 39.3 Å². The van der Waals surface area contributed by atoms with Crippen molar-refractivity contribution >= 4 is 18.0 Å². The average Bonchev–Trinajstić information content (AvgIpc) is 2.06. The highest BCUT2D eigenvalue weighted by Gasteiger charge is 2.28. The molecule has 0 amide bonds. The lowest BCUT2D eigenvalue weighted by atomic mass is 10.0. The summed E-state index contributed by atoms with van der Waals surface area (Å²) in [6, 6.07) is -0.488. The standard InChI is InChI=1S/C11H15NO3/c1-7-9(13)8(5-6-12-7)10(14)15-11(2,3)4/h5-7H,1-4H3. The van der Waals surface area contributed by atoms with Gasteiger partial charge in [0.25, 0.3) is 0 Å². The van der Waals surface area contributed by atoms with Gasteiger partial charge in [-0.15, -0.1) is 0 Å². The third-order valence-electron chi connectivity index (χ3n) is 1.81. The molecule has 0 aliphatic carbocycles. The maximum Gasteiger partial charge on any atom is 0.342 e. The van der Waals surface area contributed by atoms with E-state index in [2.05, 4.69) is 4.99 Å². The zero-order chi connectivity index (χ0) is 11.6. The summed E-state index contributed by atoms with van der Waals surface area (Å²) in [6.07, 6.45) is 2.86. The molecular weight excluding hydrogens is 194 g/mol. The van der Waals surface area contributed by atoms with E-state index in [4.69, 9.17) is 4.74 Å². The van der Waals surface area contributed by atoms with Crippen molar-refractivity contribution in [3.8, 4) is 0 Å². The van der Waals surface area contributed by atoms with Gasteiger partial charge >= 0.3 is 5.97 Å². The second-order valence-corrected chi connectivity index (χ2v) is 4.42. The van der Waals surface area contributed by atoms with Crippen molar-refractivity contribution in [3.05, 3.63) is 11.6 Å². The predicted octanol–water partition coefficient (Wildman–Crippen LogP) is 1.30. The number of aliphatic imine (C=N–C) groups is 1. The molecule has 1 aliphatic heterocycles. The van der Waals surface area contributed by atoms with E-state index in [0.29, 0.717) is 0 Å². The van der Waals surface area contributed by atoms with E-state index in [-0.39, 0.29) is 11.4 Å². The number of Topliss-reactive ketones (excluding diaryl/α,β-unsaturated/α-hetero) is 1. The van der Waals surface area contributed by atoms with Gasteiger partial charge in [-0.25, -0.2) is 4.79 Å². The summed E-state index contributed by atoms with van der Waals surface area (Å²) >= 11 is 0. The lowest BCUT2D eigenvalue weighted by Gasteiger charge is -2.21. The van der Waals surface area contributed by atoms with Crippen molar-refractivity contribution in [2.24, 2.45) is 4.99 Å². The molecule has 0 bridgehead atoms. The summed E-state index contributed by atoms with van der Waals surface area (Å²) in [5.74, 6) is -0.864. The Hall–Kier alpha value is -1.45. The summed E-state index contributed by atoms with van der Waals surface area (Å²) in [5, 5.41) is 0. The number of carbonyl (C=O) groups excluding carboxylic acids is 2. The van der Waals surface area contributed by atoms with E-state index >= 15 is 0 Å². The fraction of sp³-hybridized carbons (Fsp3) is 0.545. The SMILES string of the molecule is CC1N=CC=C(C(=O)OC(C)(C)C)C1=O. The number of hydrogen-bond donors (Lipinski definition) is 0. The summed E-state index contributed by atoms with van der Waals surface area (Å²) in [6.45, 7) is 6.93. The highest BCUT2D eigenvalue weighted by molar-refractivity contribution is 6.22. The molecule has 0 N–H and O–H groups in total. The number of allylic oxidation sites excluding steroid dienone is 1. The number of ketones is 1. The van der Waals surface area contributed by atoms with E-state index in [0.717, 1.165) is 0 Å². The quantitative estimate of drug-likeness (QED) is 0.483. The molecule has 82 valence electrons. The van der Waals surface area contributed by atoms with E-state index in [1.165, 1.54) is 12.3 Å². The van der Waals surface area contributed by atoms with E-state index in [1.54, 1.807) is 27.7 Å². The van der Waals surface area contributed by atoms with Crippen LogP contribution in [0.4, 0.5) is 0 Å². The van der Waals surface area contributed by atoms with Crippen molar-refractivity contribution in [2.75, 3.05) is 0 Å². The van der Waals surface area contributed by atoms with E-state index in [1.807, 2.05) is 0 Å². The van der Waals surface area contributed by atoms with Gasteiger partial charge in [-0.3, -0.25) is 9.79 Å². The molecule has 0 fully saturated rings. The van der Waals surface area contributed by atoms with E-state index < -0.39 is 17.6 Å². The van der Waals surface area contributed by atoms with Crippen molar-refractivity contribution < 1.29 is 14.3 Å². The van der Waals surface area contributed by atoms with Crippen molar-refractivity contribution in [1.82, 2.24) is 0 Å². The van der Waals surface area contributed by atoms with Gasteiger partial charge in [0.05, 0.1) is 0 Å². The van der Waals surface area contributed by atoms with Crippen LogP contribution in [0.25, 0.3) is 0 Å². The molecule has 1 heterocycles. The minimum atomic E-state index is -0.587. The number of dihydropyridines is 1. The van der Waals surface area contributed by atoms with Crippen LogP contribution < -0.4 is 0 Å². The van der Waals surface area contributed by atoms with Gasteiger partial charge in [-0.1, -0.05) is 0 Å². The molecule has 15 heavy (non-hydrogen) atoms. The number of esters is 1. The monoisotopic (exact) mass is 209 g/mol. The van der Waals surface area contributed by atoms with E-state index in [9.17, 15) is 9.59 Å². The first-order chi connectivity index (χ1) is 6.81. The Balaban J connectivity index is 2.81. The number of ether oxygens (including phenoxy) is 1. The molecule has 0 aromatic rings. The third-order valence-corrected chi connectivity index (χ3v) is 1.81. The smallest absolute Gasteiger partial charge is 0.342 e. The molecule has 0 spiro atoms. The summed E-state index contributed by atoms with van der Waals surface area (Å²) in [7, 11) is 0. The van der Waals surface area contributed by atoms with Crippen LogP contribution in [0.15, 0.2) is 16.6 Å². The molecule has 0 saturated carbocycles. The number of rotatable bonds is 1. The highest BCUT2D eigenvalue weighted by Crippen LogP contribution is 2.14. The number of nitrogens with zero attached hydrogens (tertiary/aromatic N) is 1. The molecular formula is C11H15NO3. The summed E-state index contributed by atoms with van der Waals surface area (Å²) in [4.78, 5) is 27.0. The average molecular weight is 209 g/mol. The Labute approximate surface area is 89.0 Å². The molecule has 1 unspecified atom stereocenters. The van der Waals surface area contributed by atoms with Gasteiger partial charge in [0.15, 0.2) is 5.78 Å². The summed E-state index contributed by atoms with van der Waals surface area (Å²) < 4.78 is 5.11. The second-order valence-electron chi connectivity index (χ2n) is 4.42. The van der Waals surface area contributed by atoms with Crippen LogP contribution in [-0.2, 0) is 14.3 Å². The van der Waals surface area contributed by atoms with Crippen LogP contribution in [0.3, 0.4) is 0 Å². The van der Waals surface area contributed by atoms with Crippen LogP contribution in [0.5, 0.6) is 0 Å². The Morgan fingerprint density at radius 3 is 2.60 bits per heavy atom. The fourth-order valence-corrected chi connectivity index (χ4v) is 1.12. The minimum Gasteiger partial charge on any atom is -0.456 e. The van der Waals surface area contributed by atoms with Gasteiger partial charge in [-0.2, -0.15) is 0 Å². The van der Waals surface area contributed by atoms with Gasteiger partial charge in [0.1, 0.15) is 17.2 Å². The number of carbonyl (C=O) groups is 2. The Bertz CT molecular complexity index is 347. The predicted molar refractivity (Wildman–Crippen MR) is 56.9 cm³/mol. The van der Waals surface area contributed by atoms with Gasteiger partial charge in [-0.05, 0) is 33.8 Å². The first kappa shape index (κ1) is 11.6. The largest absolute Gasteiger partial charge is 0.456 e. The molecule has 0 saturated heterocycles. The maximum atomic E-state index is 11.6. The Morgan fingerprint density at radius 1 is 1.47 bits per heavy atom. The highest BCUT2D eigenvalue weighted by atomic mass is 16.6. The molecule has 0 aromatic carbocycles. The van der Waals surface area contributed by atoms with Crippen LogP contribution >= 0.6 is 0 Å². The lowest BCUT2D eigenvalue weighted by molar-refractivity contribution is -0.150. The first-order valence-corrected chi connectivity index (χ1v) is 4.82. The van der Waals surface area contributed by atoms with Gasteiger partial charge < -0.3 is 4.74 Å². The zero-order valence-electron chi connectivity index (χ0n) is 9.40. The summed E-state index contributed by atoms with van der Waals surface area (Å²) in [5.41, 5.74) is -0.511. The topological polar surface area (TPSA) is 55.7 Å². The number of hydrogen-bond acceptors (Lipinski definition) is 4. The van der Waals surface area contributed by atoms with Crippen molar-refractivity contribution in [3.63, 3.8) is 0 Å². The van der Waals surface area contributed by atoms with Crippen LogP contribution in [0.2, 0.25) is 0 Å². The Morgan fingerprint density at radius 2 is 2.07 bits per heavy atom. The van der Waals surface area contributed by atoms with Gasteiger partial charge in [0, 0.05) is 6.21 Å². The molecule has 0 aromatic heterocycles. The molecule has 4 heteroatoms. The maximum absolute atomic E-state index is 11.6. The lowest BCUT2D eigenvalue weighted by Crippen LogP contribution is -2.31. The van der Waals surface area contributed by atoms with Crippen LogP contribution in [-0.4, -0.2) is 29.6 Å². The molecule has 1 aliphatic rings. The second kappa shape index (κ2) is 3.96. The fourth-order valence-electron chi connectivity index (χ4n) is 1.12. The third kappa shape index (κ3) is 3.01. The normalized spacial score (nSPS) is 21.2. The van der Waals surface area contributed by atoms with Crippen LogP contribution in [0, 0.1) is 0 Å².